The zero-order valence-corrected chi connectivity index (χ0v) is 11.1. The monoisotopic (exact) mass is 299 g/mol. The highest BCUT2D eigenvalue weighted by Crippen LogP contribution is 2.17. The molecule has 1 aromatic rings. The Morgan fingerprint density at radius 2 is 2.29 bits per heavy atom. The van der Waals surface area contributed by atoms with Crippen molar-refractivity contribution in [2.75, 3.05) is 6.54 Å². The van der Waals surface area contributed by atoms with E-state index in [4.69, 9.17) is 0 Å². The Kier molecular flexibility index (Phi) is 4.29. The molecule has 4 heteroatoms. The minimum atomic E-state index is -0.316. The van der Waals surface area contributed by atoms with Gasteiger partial charge >= 0.3 is 0 Å². The fourth-order valence-corrected chi connectivity index (χ4v) is 2.44. The van der Waals surface area contributed by atoms with Gasteiger partial charge in [0.05, 0.1) is 6.04 Å². The zero-order valence-electron chi connectivity index (χ0n) is 9.51. The molecule has 1 aliphatic heterocycles. The molecule has 0 radical (unpaired) electrons. The first-order chi connectivity index (χ1) is 8.16. The second kappa shape index (κ2) is 5.74. The third-order valence-electron chi connectivity index (χ3n) is 3.08. The van der Waals surface area contributed by atoms with E-state index in [9.17, 15) is 9.18 Å². The lowest BCUT2D eigenvalue weighted by atomic mass is 9.96. The summed E-state index contributed by atoms with van der Waals surface area (Å²) in [6.45, 7) is 0.888. The van der Waals surface area contributed by atoms with Crippen LogP contribution >= 0.6 is 15.9 Å². The van der Waals surface area contributed by atoms with E-state index in [1.165, 1.54) is 6.07 Å². The molecule has 1 aliphatic rings. The number of nitrogens with one attached hydrogen (secondary N) is 1. The summed E-state index contributed by atoms with van der Waals surface area (Å²) in [5.41, 5.74) is 0.477. The number of ketones is 1. The quantitative estimate of drug-likeness (QED) is 0.930. The number of piperidine rings is 1. The van der Waals surface area contributed by atoms with Gasteiger partial charge in [0, 0.05) is 10.9 Å². The number of halogens is 2. The van der Waals surface area contributed by atoms with Crippen molar-refractivity contribution >= 4 is 21.7 Å². The van der Waals surface area contributed by atoms with Gasteiger partial charge in [-0.2, -0.15) is 0 Å². The van der Waals surface area contributed by atoms with Crippen LogP contribution in [0, 0.1) is 5.82 Å². The summed E-state index contributed by atoms with van der Waals surface area (Å²) < 4.78 is 14.3. The van der Waals surface area contributed by atoms with Crippen molar-refractivity contribution in [3.8, 4) is 0 Å². The largest absolute Gasteiger partial charge is 0.307 e. The van der Waals surface area contributed by atoms with Crippen LogP contribution in [0.1, 0.15) is 24.8 Å². The van der Waals surface area contributed by atoms with Crippen LogP contribution in [0.2, 0.25) is 0 Å². The molecule has 1 atom stereocenters. The van der Waals surface area contributed by atoms with Gasteiger partial charge in [0.1, 0.15) is 5.82 Å². The molecule has 1 aromatic carbocycles. The van der Waals surface area contributed by atoms with E-state index in [0.29, 0.717) is 10.0 Å². The van der Waals surface area contributed by atoms with Gasteiger partial charge in [-0.05, 0) is 37.1 Å². The summed E-state index contributed by atoms with van der Waals surface area (Å²) in [4.78, 5) is 12.0. The lowest BCUT2D eigenvalue weighted by molar-refractivity contribution is -0.121. The molecule has 0 saturated carbocycles. The summed E-state index contributed by atoms with van der Waals surface area (Å²) in [6, 6.07) is 4.74. The summed E-state index contributed by atoms with van der Waals surface area (Å²) >= 11 is 3.20. The van der Waals surface area contributed by atoms with Gasteiger partial charge in [-0.25, -0.2) is 4.39 Å². The molecular formula is C13H15BrFNO. The first-order valence-electron chi connectivity index (χ1n) is 5.87. The molecular weight excluding hydrogens is 285 g/mol. The van der Waals surface area contributed by atoms with E-state index < -0.39 is 0 Å². The van der Waals surface area contributed by atoms with Crippen molar-refractivity contribution in [1.82, 2.24) is 5.32 Å². The minimum Gasteiger partial charge on any atom is -0.307 e. The van der Waals surface area contributed by atoms with Crippen molar-refractivity contribution < 1.29 is 9.18 Å². The standard InChI is InChI=1S/C13H15BrFNO/c14-10-5-4-9(11(15)8-10)7-13(17)12-3-1-2-6-16-12/h4-5,8,12,16H,1-3,6-7H2. The number of rotatable bonds is 3. The molecule has 0 aliphatic carbocycles. The second-order valence-electron chi connectivity index (χ2n) is 4.38. The average molecular weight is 300 g/mol. The number of hydrogen-bond acceptors (Lipinski definition) is 2. The van der Waals surface area contributed by atoms with Gasteiger partial charge in [0.15, 0.2) is 5.78 Å². The van der Waals surface area contributed by atoms with Crippen molar-refractivity contribution in [1.29, 1.82) is 0 Å². The Bertz CT molecular complexity index is 416. The molecule has 0 spiro atoms. The first kappa shape index (κ1) is 12.7. The van der Waals surface area contributed by atoms with Crippen molar-refractivity contribution in [3.05, 3.63) is 34.1 Å². The third kappa shape index (κ3) is 3.36. The first-order valence-corrected chi connectivity index (χ1v) is 6.66. The van der Waals surface area contributed by atoms with Crippen LogP contribution in [0.15, 0.2) is 22.7 Å². The number of hydrogen-bond donors (Lipinski definition) is 1. The lowest BCUT2D eigenvalue weighted by Gasteiger charge is -2.22. The Hall–Kier alpha value is -0.740. The number of benzene rings is 1. The predicted octanol–water partition coefficient (Wildman–Crippen LogP) is 2.84. The summed E-state index contributed by atoms with van der Waals surface area (Å²) in [7, 11) is 0. The van der Waals surface area contributed by atoms with E-state index >= 15 is 0 Å². The van der Waals surface area contributed by atoms with Crippen molar-refractivity contribution in [3.63, 3.8) is 0 Å². The molecule has 1 N–H and O–H groups in total. The van der Waals surface area contributed by atoms with Crippen LogP contribution in [0.4, 0.5) is 4.39 Å². The fraction of sp³-hybridized carbons (Fsp3) is 0.462. The Labute approximate surface area is 109 Å². The summed E-state index contributed by atoms with van der Waals surface area (Å²) in [5.74, 6) is -0.227. The van der Waals surface area contributed by atoms with E-state index in [1.807, 2.05) is 0 Å². The van der Waals surface area contributed by atoms with E-state index in [0.717, 1.165) is 25.8 Å². The Balaban J connectivity index is 2.02. The molecule has 2 rings (SSSR count). The third-order valence-corrected chi connectivity index (χ3v) is 3.57. The molecule has 0 amide bonds. The van der Waals surface area contributed by atoms with Gasteiger partial charge in [-0.15, -0.1) is 0 Å². The highest BCUT2D eigenvalue weighted by molar-refractivity contribution is 9.10. The predicted molar refractivity (Wildman–Crippen MR) is 68.5 cm³/mol. The van der Waals surface area contributed by atoms with Gasteiger partial charge in [0.2, 0.25) is 0 Å². The second-order valence-corrected chi connectivity index (χ2v) is 5.30. The molecule has 92 valence electrons. The molecule has 0 bridgehead atoms. The van der Waals surface area contributed by atoms with Gasteiger partial charge in [-0.1, -0.05) is 28.4 Å². The van der Waals surface area contributed by atoms with Crippen LogP contribution in [0.5, 0.6) is 0 Å². The van der Waals surface area contributed by atoms with Crippen LogP contribution in [0.3, 0.4) is 0 Å². The number of Topliss-reactive ketones (excluding diaryl/α,β-unsaturated/α-hetero) is 1. The number of carbonyl (C=O) groups is 1. The maximum atomic E-state index is 13.6. The summed E-state index contributed by atoms with van der Waals surface area (Å²) in [5, 5.41) is 3.19. The molecule has 1 unspecified atom stereocenters. The molecule has 1 heterocycles. The molecule has 1 fully saturated rings. The lowest BCUT2D eigenvalue weighted by Crippen LogP contribution is -2.41. The van der Waals surface area contributed by atoms with Crippen molar-refractivity contribution in [2.45, 2.75) is 31.7 Å². The van der Waals surface area contributed by atoms with Crippen LogP contribution in [0.25, 0.3) is 0 Å². The maximum absolute atomic E-state index is 13.6. The average Bonchev–Trinajstić information content (AvgIpc) is 2.34. The number of carbonyl (C=O) groups excluding carboxylic acids is 1. The van der Waals surface area contributed by atoms with Crippen LogP contribution in [-0.2, 0) is 11.2 Å². The van der Waals surface area contributed by atoms with Crippen LogP contribution < -0.4 is 5.32 Å². The Morgan fingerprint density at radius 3 is 2.94 bits per heavy atom. The maximum Gasteiger partial charge on any atom is 0.154 e. The van der Waals surface area contributed by atoms with E-state index in [1.54, 1.807) is 12.1 Å². The van der Waals surface area contributed by atoms with Gasteiger partial charge < -0.3 is 5.32 Å². The molecule has 17 heavy (non-hydrogen) atoms. The molecule has 1 saturated heterocycles. The molecule has 2 nitrogen and oxygen atoms in total. The topological polar surface area (TPSA) is 29.1 Å². The summed E-state index contributed by atoms with van der Waals surface area (Å²) in [6.07, 6.45) is 3.25. The zero-order chi connectivity index (χ0) is 12.3. The molecule has 0 aromatic heterocycles. The normalized spacial score (nSPS) is 20.2. The van der Waals surface area contributed by atoms with Gasteiger partial charge in [0.25, 0.3) is 0 Å². The van der Waals surface area contributed by atoms with Crippen molar-refractivity contribution in [2.24, 2.45) is 0 Å². The fourth-order valence-electron chi connectivity index (χ4n) is 2.10. The van der Waals surface area contributed by atoms with Crippen LogP contribution in [-0.4, -0.2) is 18.4 Å². The minimum absolute atomic E-state index is 0.0888. The highest BCUT2D eigenvalue weighted by Gasteiger charge is 2.21. The van der Waals surface area contributed by atoms with Gasteiger partial charge in [-0.3, -0.25) is 4.79 Å². The van der Waals surface area contributed by atoms with E-state index in [2.05, 4.69) is 21.2 Å². The smallest absolute Gasteiger partial charge is 0.154 e. The van der Waals surface area contributed by atoms with E-state index in [-0.39, 0.29) is 24.1 Å². The Morgan fingerprint density at radius 1 is 1.47 bits per heavy atom. The highest BCUT2D eigenvalue weighted by atomic mass is 79.9. The SMILES string of the molecule is O=C(Cc1ccc(Br)cc1F)C1CCCCN1.